The average molecular weight is 357 g/mol. The molecule has 1 N–H and O–H groups in total. The van der Waals surface area contributed by atoms with Crippen LogP contribution in [-0.2, 0) is 6.42 Å². The molecule has 2 aromatic carbocycles. The fourth-order valence-corrected chi connectivity index (χ4v) is 2.69. The Bertz CT molecular complexity index is 551. The maximum atomic E-state index is 13.9. The molecular formula is C16H16BrClFN. The quantitative estimate of drug-likeness (QED) is 0.782. The molecule has 0 aliphatic heterocycles. The molecule has 0 spiro atoms. The summed E-state index contributed by atoms with van der Waals surface area (Å²) >= 11 is 9.53. The summed E-state index contributed by atoms with van der Waals surface area (Å²) in [5.74, 6) is -0.252. The van der Waals surface area contributed by atoms with Crippen LogP contribution in [0.5, 0.6) is 0 Å². The monoisotopic (exact) mass is 355 g/mol. The van der Waals surface area contributed by atoms with Gasteiger partial charge < -0.3 is 5.32 Å². The van der Waals surface area contributed by atoms with E-state index in [4.69, 9.17) is 11.6 Å². The van der Waals surface area contributed by atoms with Gasteiger partial charge in [0.2, 0.25) is 0 Å². The van der Waals surface area contributed by atoms with Crippen molar-refractivity contribution in [1.82, 2.24) is 5.32 Å². The standard InChI is InChI=1S/C16H16BrClFN/c1-2-20-16(11-6-8-12(17)9-7-11)10-13-14(18)4-3-5-15(13)19/h3-9,16,20H,2,10H2,1H3. The van der Waals surface area contributed by atoms with Crippen molar-refractivity contribution in [3.05, 3.63) is 68.9 Å². The summed E-state index contributed by atoms with van der Waals surface area (Å²) in [7, 11) is 0. The molecule has 106 valence electrons. The van der Waals surface area contributed by atoms with Crippen molar-refractivity contribution in [1.29, 1.82) is 0 Å². The highest BCUT2D eigenvalue weighted by Crippen LogP contribution is 2.26. The normalized spacial score (nSPS) is 12.4. The van der Waals surface area contributed by atoms with Crippen LogP contribution in [0.2, 0.25) is 5.02 Å². The largest absolute Gasteiger partial charge is 0.310 e. The first kappa shape index (κ1) is 15.5. The lowest BCUT2D eigenvalue weighted by molar-refractivity contribution is 0.528. The van der Waals surface area contributed by atoms with Gasteiger partial charge in [-0.05, 0) is 42.8 Å². The molecule has 2 aromatic rings. The van der Waals surface area contributed by atoms with Crippen LogP contribution in [0.1, 0.15) is 24.1 Å². The van der Waals surface area contributed by atoms with Crippen LogP contribution in [0.15, 0.2) is 46.9 Å². The van der Waals surface area contributed by atoms with E-state index in [0.717, 1.165) is 16.6 Å². The van der Waals surface area contributed by atoms with Crippen LogP contribution in [0.25, 0.3) is 0 Å². The molecule has 0 aromatic heterocycles. The molecule has 0 aliphatic rings. The molecule has 1 nitrogen and oxygen atoms in total. The highest BCUT2D eigenvalue weighted by Gasteiger charge is 2.15. The van der Waals surface area contributed by atoms with Crippen LogP contribution < -0.4 is 5.32 Å². The van der Waals surface area contributed by atoms with Gasteiger partial charge >= 0.3 is 0 Å². The van der Waals surface area contributed by atoms with Crippen LogP contribution in [-0.4, -0.2) is 6.54 Å². The SMILES string of the molecule is CCNC(Cc1c(F)cccc1Cl)c1ccc(Br)cc1. The van der Waals surface area contributed by atoms with E-state index < -0.39 is 0 Å². The number of likely N-dealkylation sites (N-methyl/N-ethyl adjacent to an activating group) is 1. The fourth-order valence-electron chi connectivity index (χ4n) is 2.18. The van der Waals surface area contributed by atoms with Crippen LogP contribution >= 0.6 is 27.5 Å². The van der Waals surface area contributed by atoms with Gasteiger partial charge in [0.1, 0.15) is 5.82 Å². The van der Waals surface area contributed by atoms with Gasteiger partial charge in [-0.3, -0.25) is 0 Å². The molecule has 0 bridgehead atoms. The third-order valence-electron chi connectivity index (χ3n) is 3.19. The highest BCUT2D eigenvalue weighted by molar-refractivity contribution is 9.10. The minimum atomic E-state index is -0.252. The zero-order valence-corrected chi connectivity index (χ0v) is 13.5. The van der Waals surface area contributed by atoms with Crippen molar-refractivity contribution in [2.24, 2.45) is 0 Å². The molecule has 0 fully saturated rings. The van der Waals surface area contributed by atoms with Gasteiger partial charge in [-0.2, -0.15) is 0 Å². The van der Waals surface area contributed by atoms with Gasteiger partial charge in [-0.1, -0.05) is 52.7 Å². The lowest BCUT2D eigenvalue weighted by Crippen LogP contribution is -2.23. The van der Waals surface area contributed by atoms with Crippen LogP contribution in [0.3, 0.4) is 0 Å². The molecule has 0 radical (unpaired) electrons. The zero-order chi connectivity index (χ0) is 14.5. The molecule has 1 atom stereocenters. The molecular weight excluding hydrogens is 341 g/mol. The van der Waals surface area contributed by atoms with Crippen molar-refractivity contribution in [2.75, 3.05) is 6.54 Å². The smallest absolute Gasteiger partial charge is 0.127 e. The van der Waals surface area contributed by atoms with E-state index in [0.29, 0.717) is 17.0 Å². The van der Waals surface area contributed by atoms with Crippen LogP contribution in [0, 0.1) is 5.82 Å². The van der Waals surface area contributed by atoms with Gasteiger partial charge in [0.05, 0.1) is 0 Å². The second-order valence-corrected chi connectivity index (χ2v) is 5.89. The molecule has 0 aliphatic carbocycles. The molecule has 0 saturated heterocycles. The molecule has 0 amide bonds. The maximum absolute atomic E-state index is 13.9. The van der Waals surface area contributed by atoms with Crippen molar-refractivity contribution >= 4 is 27.5 Å². The van der Waals surface area contributed by atoms with Gasteiger partial charge in [0.25, 0.3) is 0 Å². The summed E-state index contributed by atoms with van der Waals surface area (Å²) in [5, 5.41) is 3.86. The second kappa shape index (κ2) is 7.21. The first-order valence-electron chi connectivity index (χ1n) is 6.53. The van der Waals surface area contributed by atoms with Gasteiger partial charge in [-0.25, -0.2) is 4.39 Å². The molecule has 0 saturated carbocycles. The van der Waals surface area contributed by atoms with E-state index in [1.807, 2.05) is 31.2 Å². The lowest BCUT2D eigenvalue weighted by atomic mass is 9.98. The second-order valence-electron chi connectivity index (χ2n) is 4.57. The predicted molar refractivity (Wildman–Crippen MR) is 85.7 cm³/mol. The highest BCUT2D eigenvalue weighted by atomic mass is 79.9. The topological polar surface area (TPSA) is 12.0 Å². The number of rotatable bonds is 5. The van der Waals surface area contributed by atoms with Gasteiger partial charge in [0.15, 0.2) is 0 Å². The lowest BCUT2D eigenvalue weighted by Gasteiger charge is -2.19. The Balaban J connectivity index is 2.28. The number of benzene rings is 2. The third-order valence-corrected chi connectivity index (χ3v) is 4.08. The van der Waals surface area contributed by atoms with Crippen LogP contribution in [0.4, 0.5) is 4.39 Å². The van der Waals surface area contributed by atoms with Gasteiger partial charge in [0, 0.05) is 21.1 Å². The molecule has 2 rings (SSSR count). The summed E-state index contributed by atoms with van der Waals surface area (Å²) in [6.45, 7) is 2.85. The van der Waals surface area contributed by atoms with E-state index in [9.17, 15) is 4.39 Å². The number of hydrogen-bond donors (Lipinski definition) is 1. The summed E-state index contributed by atoms with van der Waals surface area (Å²) in [5.41, 5.74) is 1.68. The Kier molecular flexibility index (Phi) is 5.58. The minimum absolute atomic E-state index is 0.0440. The molecule has 0 heterocycles. The maximum Gasteiger partial charge on any atom is 0.127 e. The first-order chi connectivity index (χ1) is 9.61. The molecule has 20 heavy (non-hydrogen) atoms. The van der Waals surface area contributed by atoms with E-state index in [-0.39, 0.29) is 11.9 Å². The Hall–Kier alpha value is -0.900. The van der Waals surface area contributed by atoms with E-state index in [1.165, 1.54) is 6.07 Å². The number of halogens is 3. The number of hydrogen-bond acceptors (Lipinski definition) is 1. The Morgan fingerprint density at radius 1 is 1.20 bits per heavy atom. The average Bonchev–Trinajstić information content (AvgIpc) is 2.43. The molecule has 1 unspecified atom stereocenters. The fraction of sp³-hybridized carbons (Fsp3) is 0.250. The zero-order valence-electron chi connectivity index (χ0n) is 11.2. The summed E-state index contributed by atoms with van der Waals surface area (Å²) in [6, 6.07) is 12.9. The number of nitrogens with one attached hydrogen (secondary N) is 1. The van der Waals surface area contributed by atoms with Crippen molar-refractivity contribution < 1.29 is 4.39 Å². The third kappa shape index (κ3) is 3.81. The summed E-state index contributed by atoms with van der Waals surface area (Å²) < 4.78 is 14.9. The summed E-state index contributed by atoms with van der Waals surface area (Å²) in [6.07, 6.45) is 0.529. The van der Waals surface area contributed by atoms with E-state index in [2.05, 4.69) is 21.2 Å². The minimum Gasteiger partial charge on any atom is -0.310 e. The van der Waals surface area contributed by atoms with Crippen molar-refractivity contribution in [3.8, 4) is 0 Å². The Labute approximate surface area is 132 Å². The van der Waals surface area contributed by atoms with Crippen molar-refractivity contribution in [3.63, 3.8) is 0 Å². The Morgan fingerprint density at radius 2 is 1.90 bits per heavy atom. The molecule has 4 heteroatoms. The van der Waals surface area contributed by atoms with Gasteiger partial charge in [-0.15, -0.1) is 0 Å². The first-order valence-corrected chi connectivity index (χ1v) is 7.70. The Morgan fingerprint density at radius 3 is 2.50 bits per heavy atom. The van der Waals surface area contributed by atoms with Crippen molar-refractivity contribution in [2.45, 2.75) is 19.4 Å². The van der Waals surface area contributed by atoms with E-state index in [1.54, 1.807) is 12.1 Å². The summed E-state index contributed by atoms with van der Waals surface area (Å²) in [4.78, 5) is 0. The predicted octanol–water partition coefficient (Wildman–Crippen LogP) is 5.13. The van der Waals surface area contributed by atoms with E-state index >= 15 is 0 Å².